The van der Waals surface area contributed by atoms with Crippen LogP contribution in [0.2, 0.25) is 0 Å². The molecule has 21 heavy (non-hydrogen) atoms. The molecule has 0 aliphatic heterocycles. The second-order valence-corrected chi connectivity index (χ2v) is 4.05. The predicted octanol–water partition coefficient (Wildman–Crippen LogP) is 2.54. The maximum absolute atomic E-state index is 11.5. The number of hydrogen-bond donors (Lipinski definition) is 1. The second kappa shape index (κ2) is 6.99. The van der Waals surface area contributed by atoms with Crippen LogP contribution in [-0.4, -0.2) is 18.1 Å². The molecule has 7 nitrogen and oxygen atoms in total. The van der Waals surface area contributed by atoms with Crippen molar-refractivity contribution in [1.82, 2.24) is 4.98 Å². The number of benzene rings is 1. The highest BCUT2D eigenvalue weighted by Crippen LogP contribution is 2.16. The van der Waals surface area contributed by atoms with Crippen molar-refractivity contribution in [2.24, 2.45) is 5.34 Å². The summed E-state index contributed by atoms with van der Waals surface area (Å²) < 4.78 is 5.08. The van der Waals surface area contributed by atoms with E-state index < -0.39 is 5.97 Å². The summed E-state index contributed by atoms with van der Waals surface area (Å²) in [5.74, 6) is 0.232. The zero-order valence-electron chi connectivity index (χ0n) is 11.3. The van der Waals surface area contributed by atoms with E-state index in [0.717, 1.165) is 11.3 Å². The van der Waals surface area contributed by atoms with Crippen molar-refractivity contribution in [3.05, 3.63) is 58.6 Å². The van der Waals surface area contributed by atoms with Crippen molar-refractivity contribution < 1.29 is 14.4 Å². The SMILES string of the molecule is COc1ccc(CNc2ncccc2C(=O)ON=O)cc1. The summed E-state index contributed by atoms with van der Waals surface area (Å²) in [5, 5.41) is 5.13. The summed E-state index contributed by atoms with van der Waals surface area (Å²) in [5.41, 5.74) is 1.12. The lowest BCUT2D eigenvalue weighted by atomic mass is 10.2. The van der Waals surface area contributed by atoms with Crippen LogP contribution in [0.15, 0.2) is 47.9 Å². The van der Waals surface area contributed by atoms with Gasteiger partial charge in [-0.2, -0.15) is 0 Å². The monoisotopic (exact) mass is 287 g/mol. The highest BCUT2D eigenvalue weighted by molar-refractivity contribution is 5.94. The van der Waals surface area contributed by atoms with Crippen molar-refractivity contribution in [3.63, 3.8) is 0 Å². The van der Waals surface area contributed by atoms with Crippen molar-refractivity contribution in [1.29, 1.82) is 0 Å². The molecule has 1 N–H and O–H groups in total. The van der Waals surface area contributed by atoms with Crippen LogP contribution >= 0.6 is 0 Å². The number of ether oxygens (including phenoxy) is 1. The maximum Gasteiger partial charge on any atom is 0.373 e. The van der Waals surface area contributed by atoms with Crippen LogP contribution in [0.3, 0.4) is 0 Å². The van der Waals surface area contributed by atoms with Gasteiger partial charge in [-0.3, -0.25) is 4.84 Å². The Hall–Kier alpha value is -2.96. The molecule has 2 rings (SSSR count). The Morgan fingerprint density at radius 1 is 1.29 bits per heavy atom. The van der Waals surface area contributed by atoms with E-state index in [0.29, 0.717) is 12.4 Å². The van der Waals surface area contributed by atoms with E-state index in [1.54, 1.807) is 13.2 Å². The van der Waals surface area contributed by atoms with Gasteiger partial charge >= 0.3 is 5.97 Å². The fourth-order valence-corrected chi connectivity index (χ4v) is 1.72. The van der Waals surface area contributed by atoms with Gasteiger partial charge in [-0.05, 0) is 29.8 Å². The van der Waals surface area contributed by atoms with Crippen molar-refractivity contribution in [2.75, 3.05) is 12.4 Å². The average molecular weight is 287 g/mol. The van der Waals surface area contributed by atoms with Gasteiger partial charge in [-0.15, -0.1) is 4.91 Å². The Kier molecular flexibility index (Phi) is 4.81. The molecule has 0 amide bonds. The Bertz CT molecular complexity index is 628. The number of nitrogens with one attached hydrogen (secondary N) is 1. The summed E-state index contributed by atoms with van der Waals surface area (Å²) in [6.07, 6.45) is 1.53. The summed E-state index contributed by atoms with van der Waals surface area (Å²) in [6, 6.07) is 10.5. The van der Waals surface area contributed by atoms with Gasteiger partial charge in [0.2, 0.25) is 0 Å². The van der Waals surface area contributed by atoms with E-state index in [9.17, 15) is 9.70 Å². The van der Waals surface area contributed by atoms with Gasteiger partial charge in [-0.25, -0.2) is 9.78 Å². The van der Waals surface area contributed by atoms with E-state index in [4.69, 9.17) is 4.74 Å². The minimum atomic E-state index is -0.852. The molecule has 2 aromatic rings. The number of aromatic nitrogens is 1. The van der Waals surface area contributed by atoms with Gasteiger partial charge in [0.15, 0.2) is 5.34 Å². The Morgan fingerprint density at radius 3 is 2.71 bits per heavy atom. The van der Waals surface area contributed by atoms with E-state index >= 15 is 0 Å². The number of rotatable bonds is 6. The zero-order valence-corrected chi connectivity index (χ0v) is 11.3. The molecule has 0 atom stereocenters. The second-order valence-electron chi connectivity index (χ2n) is 4.05. The Labute approximate surface area is 120 Å². The van der Waals surface area contributed by atoms with Crippen LogP contribution in [0.5, 0.6) is 5.75 Å². The van der Waals surface area contributed by atoms with E-state index in [1.165, 1.54) is 12.3 Å². The van der Waals surface area contributed by atoms with Gasteiger partial charge < -0.3 is 10.1 Å². The first-order chi connectivity index (χ1) is 10.2. The van der Waals surface area contributed by atoms with Gasteiger partial charge in [0.25, 0.3) is 0 Å². The first-order valence-corrected chi connectivity index (χ1v) is 6.10. The van der Waals surface area contributed by atoms with Crippen molar-refractivity contribution >= 4 is 11.8 Å². The molecule has 1 aromatic heterocycles. The van der Waals surface area contributed by atoms with Gasteiger partial charge in [0.05, 0.1) is 7.11 Å². The predicted molar refractivity (Wildman–Crippen MR) is 75.8 cm³/mol. The third-order valence-electron chi connectivity index (χ3n) is 2.77. The normalized spacial score (nSPS) is 9.76. The fourth-order valence-electron chi connectivity index (χ4n) is 1.72. The van der Waals surface area contributed by atoms with Gasteiger partial charge in [0, 0.05) is 12.7 Å². The summed E-state index contributed by atoms with van der Waals surface area (Å²) in [4.78, 5) is 29.7. The molecule has 1 aromatic carbocycles. The van der Waals surface area contributed by atoms with Crippen molar-refractivity contribution in [2.45, 2.75) is 6.54 Å². The Balaban J connectivity index is 2.08. The van der Waals surface area contributed by atoms with E-state index in [2.05, 4.69) is 20.5 Å². The molecule has 108 valence electrons. The van der Waals surface area contributed by atoms with Gasteiger partial charge in [0.1, 0.15) is 17.1 Å². The van der Waals surface area contributed by atoms with E-state index in [-0.39, 0.29) is 5.56 Å². The molecule has 0 unspecified atom stereocenters. The summed E-state index contributed by atoms with van der Waals surface area (Å²) in [7, 11) is 1.60. The number of methoxy groups -OCH3 is 1. The minimum Gasteiger partial charge on any atom is -0.497 e. The molecule has 0 aliphatic rings. The lowest BCUT2D eigenvalue weighted by Gasteiger charge is -2.09. The molecule has 0 bridgehead atoms. The van der Waals surface area contributed by atoms with Crippen LogP contribution in [-0.2, 0) is 11.4 Å². The average Bonchev–Trinajstić information content (AvgIpc) is 2.54. The molecule has 0 fully saturated rings. The number of pyridine rings is 1. The number of hydrogen-bond acceptors (Lipinski definition) is 7. The fraction of sp³-hybridized carbons (Fsp3) is 0.143. The van der Waals surface area contributed by atoms with Crippen molar-refractivity contribution in [3.8, 4) is 5.75 Å². The standard InChI is InChI=1S/C14H13N3O4/c1-20-11-6-4-10(5-7-11)9-16-13-12(3-2-8-15-13)14(18)21-17-19/h2-8H,9H2,1H3,(H,15,16). The smallest absolute Gasteiger partial charge is 0.373 e. The minimum absolute atomic E-state index is 0.144. The van der Waals surface area contributed by atoms with Crippen LogP contribution in [0.1, 0.15) is 15.9 Å². The number of anilines is 1. The molecule has 0 spiro atoms. The van der Waals surface area contributed by atoms with Crippen LogP contribution in [0.25, 0.3) is 0 Å². The number of carbonyl (C=O) groups excluding carboxylic acids is 1. The first kappa shape index (κ1) is 14.4. The molecular formula is C14H13N3O4. The third kappa shape index (κ3) is 3.75. The summed E-state index contributed by atoms with van der Waals surface area (Å²) in [6.45, 7) is 0.454. The number of nitrogens with zero attached hydrogens (tertiary/aromatic N) is 2. The lowest BCUT2D eigenvalue weighted by molar-refractivity contribution is 0.0509. The van der Waals surface area contributed by atoms with E-state index in [1.807, 2.05) is 24.3 Å². The molecule has 0 aliphatic carbocycles. The first-order valence-electron chi connectivity index (χ1n) is 6.10. The summed E-state index contributed by atoms with van der Waals surface area (Å²) >= 11 is 0. The molecule has 0 radical (unpaired) electrons. The molecule has 0 saturated carbocycles. The largest absolute Gasteiger partial charge is 0.497 e. The number of carbonyl (C=O) groups is 1. The maximum atomic E-state index is 11.5. The molecule has 0 saturated heterocycles. The molecule has 7 heteroatoms. The third-order valence-corrected chi connectivity index (χ3v) is 2.77. The highest BCUT2D eigenvalue weighted by Gasteiger charge is 2.14. The lowest BCUT2D eigenvalue weighted by Crippen LogP contribution is -2.09. The van der Waals surface area contributed by atoms with Crippen LogP contribution in [0, 0.1) is 4.91 Å². The quantitative estimate of drug-likeness (QED) is 0.648. The van der Waals surface area contributed by atoms with Crippen LogP contribution < -0.4 is 10.1 Å². The highest BCUT2D eigenvalue weighted by atomic mass is 16.7. The zero-order chi connectivity index (χ0) is 15.1. The molecular weight excluding hydrogens is 274 g/mol. The Morgan fingerprint density at radius 2 is 2.05 bits per heavy atom. The topological polar surface area (TPSA) is 89.9 Å². The van der Waals surface area contributed by atoms with Crippen LogP contribution in [0.4, 0.5) is 5.82 Å². The van der Waals surface area contributed by atoms with Gasteiger partial charge in [-0.1, -0.05) is 12.1 Å². The molecule has 1 heterocycles.